The molecular weight excluding hydrogens is 332 g/mol. The predicted octanol–water partition coefficient (Wildman–Crippen LogP) is -0.398. The number of benzene rings is 1. The van der Waals surface area contributed by atoms with Crippen LogP contribution in [0.2, 0.25) is 0 Å². The smallest absolute Gasteiger partial charge is 0.267 e. The average Bonchev–Trinajstić information content (AvgIpc) is 2.56. The fourth-order valence-corrected chi connectivity index (χ4v) is 2.21. The summed E-state index contributed by atoms with van der Waals surface area (Å²) in [7, 11) is 0. The SMILES string of the molecule is CC(C)(N)[C@H](NC(=O)c1ccc(C#CC#CC2CNC2)cc1)C(=O)NO. The van der Waals surface area contributed by atoms with Gasteiger partial charge in [0.05, 0.1) is 0 Å². The normalized spacial score (nSPS) is 14.6. The maximum atomic E-state index is 12.3. The number of hydrogen-bond donors (Lipinski definition) is 5. The summed E-state index contributed by atoms with van der Waals surface area (Å²) in [4.78, 5) is 24.0. The van der Waals surface area contributed by atoms with Crippen molar-refractivity contribution in [1.82, 2.24) is 16.1 Å². The molecule has 0 saturated carbocycles. The average molecular weight is 354 g/mol. The monoisotopic (exact) mass is 354 g/mol. The summed E-state index contributed by atoms with van der Waals surface area (Å²) >= 11 is 0. The minimum Gasteiger partial charge on any atom is -0.338 e. The lowest BCUT2D eigenvalue weighted by molar-refractivity contribution is -0.132. The van der Waals surface area contributed by atoms with Crippen LogP contribution in [-0.2, 0) is 4.79 Å². The molecule has 0 bridgehead atoms. The summed E-state index contributed by atoms with van der Waals surface area (Å²) < 4.78 is 0. The van der Waals surface area contributed by atoms with E-state index in [2.05, 4.69) is 34.3 Å². The third-order valence-corrected chi connectivity index (χ3v) is 3.87. The highest BCUT2D eigenvalue weighted by Gasteiger charge is 2.33. The zero-order valence-corrected chi connectivity index (χ0v) is 14.7. The Morgan fingerprint density at radius 3 is 2.42 bits per heavy atom. The molecule has 0 aliphatic carbocycles. The molecule has 6 N–H and O–H groups in total. The van der Waals surface area contributed by atoms with Gasteiger partial charge < -0.3 is 16.4 Å². The molecule has 7 nitrogen and oxygen atoms in total. The van der Waals surface area contributed by atoms with Crippen molar-refractivity contribution >= 4 is 11.8 Å². The van der Waals surface area contributed by atoms with Gasteiger partial charge in [0.15, 0.2) is 0 Å². The van der Waals surface area contributed by atoms with Crippen molar-refractivity contribution in [1.29, 1.82) is 0 Å². The summed E-state index contributed by atoms with van der Waals surface area (Å²) in [6.45, 7) is 4.97. The third-order valence-electron chi connectivity index (χ3n) is 3.87. The lowest BCUT2D eigenvalue weighted by atomic mass is 9.95. The van der Waals surface area contributed by atoms with Crippen molar-refractivity contribution < 1.29 is 14.8 Å². The van der Waals surface area contributed by atoms with Crippen molar-refractivity contribution in [3.63, 3.8) is 0 Å². The molecular formula is C19H22N4O3. The summed E-state index contributed by atoms with van der Waals surface area (Å²) in [5.74, 6) is 10.7. The lowest BCUT2D eigenvalue weighted by Crippen LogP contribution is -2.61. The summed E-state index contributed by atoms with van der Waals surface area (Å²) in [6, 6.07) is 5.50. The highest BCUT2D eigenvalue weighted by Crippen LogP contribution is 2.09. The van der Waals surface area contributed by atoms with Crippen molar-refractivity contribution in [3.8, 4) is 23.7 Å². The molecule has 0 unspecified atom stereocenters. The Morgan fingerprint density at radius 1 is 1.27 bits per heavy atom. The number of hydroxylamine groups is 1. The van der Waals surface area contributed by atoms with E-state index in [1.54, 1.807) is 38.1 Å². The van der Waals surface area contributed by atoms with Crippen molar-refractivity contribution in [2.24, 2.45) is 11.7 Å². The molecule has 1 heterocycles. The molecule has 1 aromatic rings. The van der Waals surface area contributed by atoms with Crippen LogP contribution < -0.4 is 21.8 Å². The molecule has 26 heavy (non-hydrogen) atoms. The molecule has 1 saturated heterocycles. The van der Waals surface area contributed by atoms with E-state index in [4.69, 9.17) is 10.9 Å². The quantitative estimate of drug-likeness (QED) is 0.287. The van der Waals surface area contributed by atoms with E-state index >= 15 is 0 Å². The highest BCUT2D eigenvalue weighted by atomic mass is 16.5. The second-order valence-corrected chi connectivity index (χ2v) is 6.66. The highest BCUT2D eigenvalue weighted by molar-refractivity contribution is 5.97. The fourth-order valence-electron chi connectivity index (χ4n) is 2.21. The van der Waals surface area contributed by atoms with E-state index in [0.29, 0.717) is 11.5 Å². The first kappa shape index (κ1) is 19.5. The first-order valence-electron chi connectivity index (χ1n) is 8.17. The Hall–Kier alpha value is -2.84. The van der Waals surface area contributed by atoms with Crippen molar-refractivity contribution in [3.05, 3.63) is 35.4 Å². The van der Waals surface area contributed by atoms with Crippen LogP contribution >= 0.6 is 0 Å². The molecule has 1 aromatic carbocycles. The van der Waals surface area contributed by atoms with Crippen LogP contribution in [-0.4, -0.2) is 41.7 Å². The van der Waals surface area contributed by atoms with Gasteiger partial charge in [-0.15, -0.1) is 0 Å². The topological polar surface area (TPSA) is 116 Å². The van der Waals surface area contributed by atoms with Gasteiger partial charge in [-0.1, -0.05) is 11.8 Å². The number of amides is 2. The van der Waals surface area contributed by atoms with Gasteiger partial charge in [-0.05, 0) is 50.0 Å². The van der Waals surface area contributed by atoms with Gasteiger partial charge in [0, 0.05) is 35.7 Å². The van der Waals surface area contributed by atoms with Gasteiger partial charge >= 0.3 is 0 Å². The predicted molar refractivity (Wildman–Crippen MR) is 96.9 cm³/mol. The van der Waals surface area contributed by atoms with Gasteiger partial charge in [-0.25, -0.2) is 5.48 Å². The fraction of sp³-hybridized carbons (Fsp3) is 0.368. The Kier molecular flexibility index (Phi) is 6.37. The van der Waals surface area contributed by atoms with Crippen molar-refractivity contribution in [2.45, 2.75) is 25.4 Å². The van der Waals surface area contributed by atoms with Crippen LogP contribution in [0.5, 0.6) is 0 Å². The first-order valence-corrected chi connectivity index (χ1v) is 8.17. The molecule has 136 valence electrons. The van der Waals surface area contributed by atoms with Crippen molar-refractivity contribution in [2.75, 3.05) is 13.1 Å². The van der Waals surface area contributed by atoms with Crippen LogP contribution in [0.4, 0.5) is 0 Å². The first-order chi connectivity index (χ1) is 12.3. The van der Waals surface area contributed by atoms with E-state index in [0.717, 1.165) is 18.7 Å². The van der Waals surface area contributed by atoms with Gasteiger partial charge in [0.2, 0.25) is 0 Å². The van der Waals surface area contributed by atoms with E-state index in [9.17, 15) is 9.59 Å². The van der Waals surface area contributed by atoms with Gasteiger partial charge in [-0.3, -0.25) is 14.8 Å². The Labute approximate surface area is 152 Å². The number of carbonyl (C=O) groups excluding carboxylic acids is 2. The Balaban J connectivity index is 2.02. The second kappa shape index (κ2) is 8.50. The molecule has 2 rings (SSSR count). The number of carbonyl (C=O) groups is 2. The molecule has 1 aliphatic heterocycles. The number of nitrogens with two attached hydrogens (primary N) is 1. The third kappa shape index (κ3) is 5.33. The van der Waals surface area contributed by atoms with Crippen LogP contribution in [0.25, 0.3) is 0 Å². The Bertz CT molecular complexity index is 785. The van der Waals surface area contributed by atoms with E-state index in [1.807, 2.05) is 0 Å². The lowest BCUT2D eigenvalue weighted by Gasteiger charge is -2.29. The van der Waals surface area contributed by atoms with E-state index in [1.165, 1.54) is 5.48 Å². The minimum atomic E-state index is -1.09. The molecule has 7 heteroatoms. The summed E-state index contributed by atoms with van der Waals surface area (Å²) in [5.41, 5.74) is 7.43. The van der Waals surface area contributed by atoms with Crippen LogP contribution in [0.3, 0.4) is 0 Å². The van der Waals surface area contributed by atoms with Gasteiger partial charge in [0.1, 0.15) is 6.04 Å². The van der Waals surface area contributed by atoms with Crippen LogP contribution in [0.15, 0.2) is 24.3 Å². The van der Waals surface area contributed by atoms with Gasteiger partial charge in [0.25, 0.3) is 11.8 Å². The molecule has 0 spiro atoms. The Morgan fingerprint density at radius 2 is 1.92 bits per heavy atom. The van der Waals surface area contributed by atoms with Crippen LogP contribution in [0.1, 0.15) is 29.8 Å². The molecule has 1 aliphatic rings. The minimum absolute atomic E-state index is 0.349. The number of hydrogen-bond acceptors (Lipinski definition) is 5. The second-order valence-electron chi connectivity index (χ2n) is 6.66. The molecule has 0 aromatic heterocycles. The molecule has 1 atom stereocenters. The molecule has 1 fully saturated rings. The largest absolute Gasteiger partial charge is 0.338 e. The number of rotatable bonds is 4. The van der Waals surface area contributed by atoms with Gasteiger partial charge in [-0.2, -0.15) is 0 Å². The maximum absolute atomic E-state index is 12.3. The zero-order chi connectivity index (χ0) is 19.2. The van der Waals surface area contributed by atoms with E-state index < -0.39 is 23.4 Å². The summed E-state index contributed by atoms with van der Waals surface area (Å²) in [5, 5.41) is 14.5. The molecule has 0 radical (unpaired) electrons. The van der Waals surface area contributed by atoms with E-state index in [-0.39, 0.29) is 0 Å². The van der Waals surface area contributed by atoms with Crippen LogP contribution in [0, 0.1) is 29.6 Å². The number of nitrogens with one attached hydrogen (secondary N) is 3. The summed E-state index contributed by atoms with van der Waals surface area (Å²) in [6.07, 6.45) is 0. The standard InChI is InChI=1S/C19H22N4O3/c1-19(2,20)16(18(25)23-26)22-17(24)15-9-7-13(8-10-15)5-3-4-6-14-11-21-12-14/h7-10,14,16,21,26H,11-12,20H2,1-2H3,(H,22,24)(H,23,25)/t16-/m1/s1. The zero-order valence-electron chi connectivity index (χ0n) is 14.7. The molecule has 2 amide bonds. The maximum Gasteiger partial charge on any atom is 0.267 e.